The Morgan fingerprint density at radius 1 is 1.33 bits per heavy atom. The molecule has 100 valence electrons. The minimum atomic E-state index is -3.36. The van der Waals surface area contributed by atoms with E-state index in [-0.39, 0.29) is 19.1 Å². The second-order valence-corrected chi connectivity index (χ2v) is 7.09. The van der Waals surface area contributed by atoms with E-state index in [4.69, 9.17) is 5.11 Å². The van der Waals surface area contributed by atoms with Crippen molar-refractivity contribution >= 4 is 15.5 Å². The highest BCUT2D eigenvalue weighted by atomic mass is 32.2. The van der Waals surface area contributed by atoms with Crippen molar-refractivity contribution < 1.29 is 13.5 Å². The second-order valence-electron chi connectivity index (χ2n) is 4.99. The van der Waals surface area contributed by atoms with Crippen molar-refractivity contribution in [1.29, 1.82) is 0 Å². The van der Waals surface area contributed by atoms with Crippen LogP contribution in [-0.4, -0.2) is 31.4 Å². The molecule has 18 heavy (non-hydrogen) atoms. The van der Waals surface area contributed by atoms with E-state index in [0.29, 0.717) is 10.6 Å². The third-order valence-electron chi connectivity index (χ3n) is 3.46. The van der Waals surface area contributed by atoms with Crippen LogP contribution in [0.2, 0.25) is 0 Å². The molecular weight excluding hydrogens is 250 g/mol. The molecular formula is C13H19NO3S. The van der Waals surface area contributed by atoms with Crippen LogP contribution >= 0.6 is 0 Å². The molecule has 2 atom stereocenters. The zero-order valence-electron chi connectivity index (χ0n) is 10.9. The van der Waals surface area contributed by atoms with Crippen molar-refractivity contribution in [3.63, 3.8) is 0 Å². The Labute approximate surface area is 108 Å². The van der Waals surface area contributed by atoms with Gasteiger partial charge in [0.2, 0.25) is 0 Å². The molecule has 5 heteroatoms. The summed E-state index contributed by atoms with van der Waals surface area (Å²) in [7, 11) is -3.36. The number of benzene rings is 1. The normalized spacial score (nSPS) is 25.3. The minimum Gasteiger partial charge on any atom is -0.396 e. The molecule has 0 aliphatic carbocycles. The summed E-state index contributed by atoms with van der Waals surface area (Å²) in [5, 5.41) is 11.7. The molecule has 2 rings (SSSR count). The number of fused-ring (bicyclic) bond motifs is 1. The fraction of sp³-hybridized carbons (Fsp3) is 0.538. The van der Waals surface area contributed by atoms with Crippen LogP contribution in [-0.2, 0) is 9.84 Å². The highest BCUT2D eigenvalue weighted by Crippen LogP contribution is 2.36. The van der Waals surface area contributed by atoms with Crippen LogP contribution < -0.4 is 5.32 Å². The van der Waals surface area contributed by atoms with Gasteiger partial charge in [0, 0.05) is 12.6 Å². The molecule has 1 aromatic rings. The van der Waals surface area contributed by atoms with Crippen molar-refractivity contribution in [2.45, 2.75) is 43.4 Å². The lowest BCUT2D eigenvalue weighted by Gasteiger charge is -2.33. The predicted octanol–water partition coefficient (Wildman–Crippen LogP) is 1.64. The van der Waals surface area contributed by atoms with Gasteiger partial charge >= 0.3 is 0 Å². The number of aryl methyl sites for hydroxylation is 2. The summed E-state index contributed by atoms with van der Waals surface area (Å²) >= 11 is 0. The first-order valence-electron chi connectivity index (χ1n) is 6.10. The smallest absolute Gasteiger partial charge is 0.185 e. The molecule has 0 fully saturated rings. The maximum absolute atomic E-state index is 12.6. The molecule has 0 radical (unpaired) electrons. The van der Waals surface area contributed by atoms with Gasteiger partial charge in [-0.25, -0.2) is 8.42 Å². The maximum atomic E-state index is 12.6. The molecule has 0 saturated heterocycles. The average molecular weight is 269 g/mol. The number of anilines is 1. The number of hydrogen-bond acceptors (Lipinski definition) is 4. The topological polar surface area (TPSA) is 66.4 Å². The van der Waals surface area contributed by atoms with Crippen LogP contribution in [0.1, 0.15) is 24.5 Å². The Morgan fingerprint density at radius 3 is 2.61 bits per heavy atom. The fourth-order valence-electron chi connectivity index (χ4n) is 2.73. The van der Waals surface area contributed by atoms with Gasteiger partial charge in [-0.2, -0.15) is 0 Å². The van der Waals surface area contributed by atoms with E-state index in [1.807, 2.05) is 32.9 Å². The van der Waals surface area contributed by atoms with E-state index in [2.05, 4.69) is 5.32 Å². The second kappa shape index (κ2) is 4.55. The van der Waals surface area contributed by atoms with Gasteiger partial charge in [0.1, 0.15) is 0 Å². The summed E-state index contributed by atoms with van der Waals surface area (Å²) in [6, 6.07) is 3.56. The van der Waals surface area contributed by atoms with E-state index in [1.54, 1.807) is 0 Å². The molecule has 1 heterocycles. The Morgan fingerprint density at radius 2 is 2.00 bits per heavy atom. The number of sulfone groups is 1. The van der Waals surface area contributed by atoms with E-state index in [1.165, 1.54) is 0 Å². The van der Waals surface area contributed by atoms with Gasteiger partial charge in [0.15, 0.2) is 9.84 Å². The molecule has 1 aromatic carbocycles. The van der Waals surface area contributed by atoms with Gasteiger partial charge in [-0.15, -0.1) is 0 Å². The SMILES string of the molecule is Cc1cc(C)c2c(c1)NC(C)C(CCO)S2(=O)=O. The average Bonchev–Trinajstić information content (AvgIpc) is 2.22. The molecule has 0 bridgehead atoms. The molecule has 0 amide bonds. The van der Waals surface area contributed by atoms with Gasteiger partial charge < -0.3 is 10.4 Å². The Hall–Kier alpha value is -1.07. The van der Waals surface area contributed by atoms with E-state index >= 15 is 0 Å². The van der Waals surface area contributed by atoms with Crippen LogP contribution in [0.15, 0.2) is 17.0 Å². The lowest BCUT2D eigenvalue weighted by Crippen LogP contribution is -2.42. The zero-order valence-corrected chi connectivity index (χ0v) is 11.7. The van der Waals surface area contributed by atoms with Crippen LogP contribution in [0.25, 0.3) is 0 Å². The van der Waals surface area contributed by atoms with Crippen molar-refractivity contribution in [3.05, 3.63) is 23.3 Å². The van der Waals surface area contributed by atoms with Crippen molar-refractivity contribution in [1.82, 2.24) is 0 Å². The van der Waals surface area contributed by atoms with Gasteiger partial charge in [-0.3, -0.25) is 0 Å². The van der Waals surface area contributed by atoms with Gasteiger partial charge in [0.05, 0.1) is 15.8 Å². The number of aliphatic hydroxyl groups excluding tert-OH is 1. The highest BCUT2D eigenvalue weighted by Gasteiger charge is 2.39. The van der Waals surface area contributed by atoms with Crippen LogP contribution in [0.4, 0.5) is 5.69 Å². The number of nitrogens with one attached hydrogen (secondary N) is 1. The standard InChI is InChI=1S/C13H19NO3S/c1-8-6-9(2)13-11(7-8)14-10(3)12(4-5-15)18(13,16)17/h6-7,10,12,14-15H,4-5H2,1-3H3. The van der Waals surface area contributed by atoms with Crippen LogP contribution in [0, 0.1) is 13.8 Å². The first-order valence-corrected chi connectivity index (χ1v) is 7.65. The monoisotopic (exact) mass is 269 g/mol. The molecule has 0 spiro atoms. The molecule has 4 nitrogen and oxygen atoms in total. The van der Waals surface area contributed by atoms with Gasteiger partial charge in [0.25, 0.3) is 0 Å². The van der Waals surface area contributed by atoms with Crippen molar-refractivity contribution in [2.24, 2.45) is 0 Å². The number of hydrogen-bond donors (Lipinski definition) is 2. The Bertz CT molecular complexity index is 566. The Balaban J connectivity index is 2.63. The summed E-state index contributed by atoms with van der Waals surface area (Å²) < 4.78 is 25.2. The fourth-order valence-corrected chi connectivity index (χ4v) is 4.99. The number of aliphatic hydroxyl groups is 1. The van der Waals surface area contributed by atoms with Crippen LogP contribution in [0.5, 0.6) is 0 Å². The van der Waals surface area contributed by atoms with E-state index in [0.717, 1.165) is 11.1 Å². The summed E-state index contributed by atoms with van der Waals surface area (Å²) in [6.45, 7) is 5.50. The summed E-state index contributed by atoms with van der Waals surface area (Å²) in [4.78, 5) is 0.393. The molecule has 1 aliphatic heterocycles. The third-order valence-corrected chi connectivity index (χ3v) is 6.01. The zero-order chi connectivity index (χ0) is 13.5. The molecule has 2 N–H and O–H groups in total. The van der Waals surface area contributed by atoms with Crippen molar-refractivity contribution in [2.75, 3.05) is 11.9 Å². The third kappa shape index (κ3) is 2.01. The molecule has 2 unspecified atom stereocenters. The molecule has 1 aliphatic rings. The molecule has 0 aromatic heterocycles. The number of rotatable bonds is 2. The lowest BCUT2D eigenvalue weighted by atomic mass is 10.1. The largest absolute Gasteiger partial charge is 0.396 e. The van der Waals surface area contributed by atoms with Crippen LogP contribution in [0.3, 0.4) is 0 Å². The van der Waals surface area contributed by atoms with Gasteiger partial charge in [-0.05, 0) is 44.4 Å². The maximum Gasteiger partial charge on any atom is 0.185 e. The van der Waals surface area contributed by atoms with E-state index < -0.39 is 15.1 Å². The summed E-state index contributed by atoms with van der Waals surface area (Å²) in [6.07, 6.45) is 0.267. The summed E-state index contributed by atoms with van der Waals surface area (Å²) in [5.41, 5.74) is 2.50. The van der Waals surface area contributed by atoms with Gasteiger partial charge in [-0.1, -0.05) is 6.07 Å². The lowest BCUT2D eigenvalue weighted by molar-refractivity contribution is 0.282. The van der Waals surface area contributed by atoms with E-state index in [9.17, 15) is 8.42 Å². The summed E-state index contributed by atoms with van der Waals surface area (Å²) in [5.74, 6) is 0. The Kier molecular flexibility index (Phi) is 3.38. The quantitative estimate of drug-likeness (QED) is 0.856. The molecule has 0 saturated carbocycles. The first kappa shape index (κ1) is 13.4. The minimum absolute atomic E-state index is 0.115. The van der Waals surface area contributed by atoms with Crippen molar-refractivity contribution in [3.8, 4) is 0 Å². The first-order chi connectivity index (χ1) is 8.37. The highest BCUT2D eigenvalue weighted by molar-refractivity contribution is 7.92. The predicted molar refractivity (Wildman–Crippen MR) is 71.7 cm³/mol.